The number of benzene rings is 1. The van der Waals surface area contributed by atoms with Crippen molar-refractivity contribution < 1.29 is 18.0 Å². The molecular formula is C28H38N6O4S. The zero-order chi connectivity index (χ0) is 28.0. The average molecular weight is 555 g/mol. The van der Waals surface area contributed by atoms with Crippen LogP contribution in [-0.4, -0.2) is 78.1 Å². The van der Waals surface area contributed by atoms with E-state index in [1.54, 1.807) is 12.4 Å². The van der Waals surface area contributed by atoms with Crippen LogP contribution in [0.3, 0.4) is 0 Å². The molecule has 5 rings (SSSR count). The van der Waals surface area contributed by atoms with E-state index in [1.165, 1.54) is 16.9 Å². The van der Waals surface area contributed by atoms with Crippen LogP contribution in [0.15, 0.2) is 47.2 Å². The molecule has 2 aliphatic rings. The summed E-state index contributed by atoms with van der Waals surface area (Å²) in [5.74, 6) is 1.27. The number of rotatable bonds is 8. The minimum absolute atomic E-state index is 0.0217. The molecule has 3 aromatic rings. The summed E-state index contributed by atoms with van der Waals surface area (Å²) in [5.41, 5.74) is 1.72. The largest absolute Gasteiger partial charge is 0.380 e. The smallest absolute Gasteiger partial charge is 0.279 e. The van der Waals surface area contributed by atoms with Crippen LogP contribution in [0.4, 0.5) is 0 Å². The molecule has 2 fully saturated rings. The van der Waals surface area contributed by atoms with Gasteiger partial charge in [-0.05, 0) is 43.0 Å². The second-order valence-corrected chi connectivity index (χ2v) is 13.4. The molecule has 4 heterocycles. The molecular weight excluding hydrogens is 516 g/mol. The molecule has 2 N–H and O–H groups in total. The summed E-state index contributed by atoms with van der Waals surface area (Å²) in [4.78, 5) is 11.3. The molecule has 0 aliphatic carbocycles. The van der Waals surface area contributed by atoms with Gasteiger partial charge < -0.3 is 14.5 Å². The topological polar surface area (TPSA) is 125 Å². The number of likely N-dealkylation sites (tertiary alicyclic amines) is 1. The maximum Gasteiger partial charge on any atom is 0.279 e. The lowest BCUT2D eigenvalue weighted by molar-refractivity contribution is -0.127. The van der Waals surface area contributed by atoms with E-state index in [-0.39, 0.29) is 5.92 Å². The summed E-state index contributed by atoms with van der Waals surface area (Å²) in [7, 11) is 0.0251. The molecule has 2 saturated heterocycles. The number of aromatic nitrogens is 3. The summed E-state index contributed by atoms with van der Waals surface area (Å²) in [6.07, 6.45) is 4.59. The van der Waals surface area contributed by atoms with Crippen LogP contribution in [0.2, 0.25) is 0 Å². The molecule has 2 aromatic heterocycles. The highest BCUT2D eigenvalue weighted by Crippen LogP contribution is 2.50. The van der Waals surface area contributed by atoms with Crippen LogP contribution in [-0.2, 0) is 15.8 Å². The highest BCUT2D eigenvalue weighted by molar-refractivity contribution is 7.87. The van der Waals surface area contributed by atoms with E-state index in [0.717, 1.165) is 18.7 Å². The lowest BCUT2D eigenvalue weighted by atomic mass is 9.62. The van der Waals surface area contributed by atoms with E-state index in [4.69, 9.17) is 4.52 Å². The number of hydrogen-bond acceptors (Lipinski definition) is 8. The molecule has 0 spiro atoms. The molecule has 210 valence electrons. The van der Waals surface area contributed by atoms with E-state index < -0.39 is 21.2 Å². The standard InChI is InChI=1S/C28H38N6O4S/c1-19(2)20-6-8-23(9-7-20)28(35,27(3)17-33(5)18-27)24-14-22(15-30-16-24)25-31-26(38-32-25)21-10-12-34(13-11-21)39(36,37)29-4/h6-9,14-16,19,21,29,35H,10-13,17-18H2,1-5H3. The summed E-state index contributed by atoms with van der Waals surface area (Å²) in [6.45, 7) is 8.69. The highest BCUT2D eigenvalue weighted by atomic mass is 32.2. The minimum Gasteiger partial charge on any atom is -0.380 e. The van der Waals surface area contributed by atoms with Crippen LogP contribution >= 0.6 is 0 Å². The summed E-state index contributed by atoms with van der Waals surface area (Å²) >= 11 is 0. The van der Waals surface area contributed by atoms with Gasteiger partial charge in [-0.1, -0.05) is 50.2 Å². The van der Waals surface area contributed by atoms with Gasteiger partial charge in [0, 0.05) is 68.1 Å². The predicted octanol–water partition coefficient (Wildman–Crippen LogP) is 3.09. The highest BCUT2D eigenvalue weighted by Gasteiger charge is 2.55. The second-order valence-electron chi connectivity index (χ2n) is 11.5. The van der Waals surface area contributed by atoms with Crippen LogP contribution in [0.5, 0.6) is 0 Å². The average Bonchev–Trinajstić information content (AvgIpc) is 3.42. The molecule has 0 bridgehead atoms. The number of nitrogens with one attached hydrogen (secondary N) is 1. The van der Waals surface area contributed by atoms with Crippen molar-refractivity contribution in [3.05, 3.63) is 65.3 Å². The molecule has 0 amide bonds. The Kier molecular flexibility index (Phi) is 7.40. The summed E-state index contributed by atoms with van der Waals surface area (Å²) < 4.78 is 33.6. The van der Waals surface area contributed by atoms with Gasteiger partial charge in [0.1, 0.15) is 5.60 Å². The van der Waals surface area contributed by atoms with Gasteiger partial charge in [-0.2, -0.15) is 17.7 Å². The minimum atomic E-state index is -3.44. The Balaban J connectivity index is 1.43. The Bertz CT molecular complexity index is 1410. The Labute approximate surface area is 230 Å². The second kappa shape index (κ2) is 10.4. The molecule has 39 heavy (non-hydrogen) atoms. The molecule has 1 atom stereocenters. The van der Waals surface area contributed by atoms with Crippen LogP contribution in [0.1, 0.15) is 68.0 Å². The first-order valence-electron chi connectivity index (χ1n) is 13.5. The van der Waals surface area contributed by atoms with E-state index in [1.807, 2.05) is 18.2 Å². The van der Waals surface area contributed by atoms with Crippen molar-refractivity contribution in [2.24, 2.45) is 5.41 Å². The maximum absolute atomic E-state index is 12.5. The zero-order valence-electron chi connectivity index (χ0n) is 23.3. The van der Waals surface area contributed by atoms with Gasteiger partial charge in [-0.15, -0.1) is 0 Å². The SMILES string of the molecule is CNS(=O)(=O)N1CCC(c2nc(-c3cncc(C(O)(c4ccc(C(C)C)cc4)C4(C)CN(C)C4)c3)no2)CC1. The Morgan fingerprint density at radius 3 is 2.38 bits per heavy atom. The normalized spacial score (nSPS) is 20.6. The van der Waals surface area contributed by atoms with E-state index in [0.29, 0.717) is 54.7 Å². The van der Waals surface area contributed by atoms with Crippen molar-refractivity contribution in [3.63, 3.8) is 0 Å². The van der Waals surface area contributed by atoms with Gasteiger partial charge in [-0.3, -0.25) is 4.98 Å². The Hall–Kier alpha value is -2.70. The van der Waals surface area contributed by atoms with Crippen molar-refractivity contribution in [2.75, 3.05) is 40.3 Å². The summed E-state index contributed by atoms with van der Waals surface area (Å²) in [5, 5.41) is 16.7. The van der Waals surface area contributed by atoms with Crippen molar-refractivity contribution in [1.29, 1.82) is 0 Å². The molecule has 1 unspecified atom stereocenters. The van der Waals surface area contributed by atoms with E-state index in [9.17, 15) is 13.5 Å². The quantitative estimate of drug-likeness (QED) is 0.435. The molecule has 10 nitrogen and oxygen atoms in total. The van der Waals surface area contributed by atoms with Gasteiger partial charge in [-0.25, -0.2) is 4.72 Å². The number of nitrogens with zero attached hydrogens (tertiary/aromatic N) is 5. The number of aliphatic hydroxyl groups is 1. The van der Waals surface area contributed by atoms with Crippen molar-refractivity contribution in [3.8, 4) is 11.4 Å². The van der Waals surface area contributed by atoms with Crippen LogP contribution in [0, 0.1) is 5.41 Å². The van der Waals surface area contributed by atoms with E-state index >= 15 is 0 Å². The third kappa shape index (κ3) is 5.02. The predicted molar refractivity (Wildman–Crippen MR) is 148 cm³/mol. The van der Waals surface area contributed by atoms with Crippen molar-refractivity contribution in [2.45, 2.75) is 51.0 Å². The van der Waals surface area contributed by atoms with Crippen molar-refractivity contribution >= 4 is 10.2 Å². The Morgan fingerprint density at radius 1 is 1.13 bits per heavy atom. The van der Waals surface area contributed by atoms with E-state index in [2.05, 4.69) is 64.7 Å². The lowest BCUT2D eigenvalue weighted by Crippen LogP contribution is -2.63. The number of pyridine rings is 1. The third-order valence-electron chi connectivity index (χ3n) is 8.36. The Morgan fingerprint density at radius 2 is 1.79 bits per heavy atom. The molecule has 2 aliphatic heterocycles. The first-order valence-corrected chi connectivity index (χ1v) is 14.9. The third-order valence-corrected chi connectivity index (χ3v) is 9.92. The fourth-order valence-corrected chi connectivity index (χ4v) is 7.05. The summed E-state index contributed by atoms with van der Waals surface area (Å²) in [6, 6.07) is 10.1. The van der Waals surface area contributed by atoms with Gasteiger partial charge in [0.2, 0.25) is 11.7 Å². The van der Waals surface area contributed by atoms with Gasteiger partial charge in [0.15, 0.2) is 0 Å². The number of hydrogen-bond donors (Lipinski definition) is 2. The molecule has 0 saturated carbocycles. The van der Waals surface area contributed by atoms with Crippen LogP contribution in [0.25, 0.3) is 11.4 Å². The monoisotopic (exact) mass is 554 g/mol. The fourth-order valence-electron chi connectivity index (χ4n) is 6.10. The molecule has 0 radical (unpaired) electrons. The molecule has 11 heteroatoms. The number of piperidine rings is 1. The first-order chi connectivity index (χ1) is 18.5. The first kappa shape index (κ1) is 27.9. The van der Waals surface area contributed by atoms with Crippen molar-refractivity contribution in [1.82, 2.24) is 29.1 Å². The van der Waals surface area contributed by atoms with Gasteiger partial charge in [0.05, 0.1) is 0 Å². The zero-order valence-corrected chi connectivity index (χ0v) is 24.1. The molecule has 1 aromatic carbocycles. The van der Waals surface area contributed by atoms with Gasteiger partial charge >= 0.3 is 0 Å². The van der Waals surface area contributed by atoms with Gasteiger partial charge in [0.25, 0.3) is 10.2 Å². The lowest BCUT2D eigenvalue weighted by Gasteiger charge is -2.55. The van der Waals surface area contributed by atoms with Crippen LogP contribution < -0.4 is 4.72 Å². The maximum atomic E-state index is 12.5. The fraction of sp³-hybridized carbons (Fsp3) is 0.536.